The van der Waals surface area contributed by atoms with E-state index in [-0.39, 0.29) is 23.3 Å². The van der Waals surface area contributed by atoms with Gasteiger partial charge >= 0.3 is 0 Å². The van der Waals surface area contributed by atoms with Gasteiger partial charge < -0.3 is 9.80 Å². The van der Waals surface area contributed by atoms with E-state index < -0.39 is 15.8 Å². The van der Waals surface area contributed by atoms with Crippen LogP contribution in [0.4, 0.5) is 0 Å². The first kappa shape index (κ1) is 18.0. The van der Waals surface area contributed by atoms with E-state index in [2.05, 4.69) is 0 Å². The minimum absolute atomic E-state index is 0.0312. The van der Waals surface area contributed by atoms with Crippen LogP contribution in [-0.4, -0.2) is 67.7 Å². The molecular formula is C20H22N2O4S. The zero-order valence-electron chi connectivity index (χ0n) is 15.0. The Morgan fingerprint density at radius 1 is 0.889 bits per heavy atom. The predicted molar refractivity (Wildman–Crippen MR) is 103 cm³/mol. The van der Waals surface area contributed by atoms with Crippen LogP contribution in [0.5, 0.6) is 0 Å². The van der Waals surface area contributed by atoms with Gasteiger partial charge in [-0.05, 0) is 29.3 Å². The SMILES string of the molecule is O=C(c1ccc2ccccc2c1)N1CCN(C(=O)[C@H]2CCS(=O)(=O)C2)CC1. The summed E-state index contributed by atoms with van der Waals surface area (Å²) in [6.45, 7) is 1.84. The summed E-state index contributed by atoms with van der Waals surface area (Å²) in [7, 11) is -3.07. The van der Waals surface area contributed by atoms with Crippen molar-refractivity contribution in [2.75, 3.05) is 37.7 Å². The molecule has 2 aromatic carbocycles. The summed E-state index contributed by atoms with van der Waals surface area (Å²) in [5.41, 5.74) is 0.648. The standard InChI is InChI=1S/C20H22N2O4S/c23-19(17-6-5-15-3-1-2-4-16(15)13-17)21-8-10-22(11-9-21)20(24)18-7-12-27(25,26)14-18/h1-6,13,18H,7-12,14H2/t18-/m0/s1. The lowest BCUT2D eigenvalue weighted by Gasteiger charge is -2.36. The number of hydrogen-bond donors (Lipinski definition) is 0. The highest BCUT2D eigenvalue weighted by molar-refractivity contribution is 7.91. The highest BCUT2D eigenvalue weighted by atomic mass is 32.2. The second-order valence-corrected chi connectivity index (χ2v) is 9.51. The number of piperazine rings is 1. The monoisotopic (exact) mass is 386 g/mol. The molecule has 0 radical (unpaired) electrons. The van der Waals surface area contributed by atoms with E-state index in [1.807, 2.05) is 42.5 Å². The van der Waals surface area contributed by atoms with Gasteiger partial charge in [-0.1, -0.05) is 30.3 Å². The smallest absolute Gasteiger partial charge is 0.253 e. The van der Waals surface area contributed by atoms with Gasteiger partial charge in [-0.2, -0.15) is 0 Å². The fourth-order valence-electron chi connectivity index (χ4n) is 3.88. The van der Waals surface area contributed by atoms with E-state index in [4.69, 9.17) is 0 Å². The molecule has 0 aliphatic carbocycles. The number of benzene rings is 2. The topological polar surface area (TPSA) is 74.8 Å². The van der Waals surface area contributed by atoms with Crippen molar-refractivity contribution >= 4 is 32.4 Å². The third-order valence-electron chi connectivity index (χ3n) is 5.46. The molecule has 0 N–H and O–H groups in total. The Bertz CT molecular complexity index is 994. The van der Waals surface area contributed by atoms with Crippen LogP contribution >= 0.6 is 0 Å². The number of carbonyl (C=O) groups is 2. The van der Waals surface area contributed by atoms with Gasteiger partial charge in [0.2, 0.25) is 5.91 Å². The minimum atomic E-state index is -3.07. The van der Waals surface area contributed by atoms with Crippen LogP contribution in [-0.2, 0) is 14.6 Å². The lowest BCUT2D eigenvalue weighted by Crippen LogP contribution is -2.52. The van der Waals surface area contributed by atoms with Crippen LogP contribution in [0.1, 0.15) is 16.8 Å². The third kappa shape index (κ3) is 3.69. The number of carbonyl (C=O) groups excluding carboxylic acids is 2. The van der Waals surface area contributed by atoms with Gasteiger partial charge in [0.1, 0.15) is 0 Å². The van der Waals surface area contributed by atoms with Crippen molar-refractivity contribution in [3.63, 3.8) is 0 Å². The summed E-state index contributed by atoms with van der Waals surface area (Å²) in [5, 5.41) is 2.12. The fraction of sp³-hybridized carbons (Fsp3) is 0.400. The number of hydrogen-bond acceptors (Lipinski definition) is 4. The number of nitrogens with zero attached hydrogens (tertiary/aromatic N) is 2. The molecule has 0 bridgehead atoms. The lowest BCUT2D eigenvalue weighted by molar-refractivity contribution is -0.136. The van der Waals surface area contributed by atoms with Crippen LogP contribution in [0.3, 0.4) is 0 Å². The summed E-state index contributed by atoms with van der Waals surface area (Å²) in [6, 6.07) is 13.6. The Kier molecular flexibility index (Phi) is 4.63. The Hall–Kier alpha value is -2.41. The van der Waals surface area contributed by atoms with Gasteiger partial charge in [0.15, 0.2) is 9.84 Å². The molecule has 2 aliphatic rings. The second-order valence-electron chi connectivity index (χ2n) is 7.28. The molecule has 2 fully saturated rings. The predicted octanol–water partition coefficient (Wildman–Crippen LogP) is 1.56. The Labute approximate surface area is 158 Å². The number of amides is 2. The molecule has 1 atom stereocenters. The first-order valence-corrected chi connectivity index (χ1v) is 11.0. The largest absolute Gasteiger partial charge is 0.339 e. The number of sulfone groups is 1. The highest BCUT2D eigenvalue weighted by Gasteiger charge is 2.36. The van der Waals surface area contributed by atoms with Crippen LogP contribution < -0.4 is 0 Å². The molecular weight excluding hydrogens is 364 g/mol. The molecule has 2 amide bonds. The summed E-state index contributed by atoms with van der Waals surface area (Å²) in [4.78, 5) is 28.8. The van der Waals surface area contributed by atoms with E-state index in [1.54, 1.807) is 9.80 Å². The third-order valence-corrected chi connectivity index (χ3v) is 7.22. The summed E-state index contributed by atoms with van der Waals surface area (Å²) in [6.07, 6.45) is 0.414. The molecule has 7 heteroatoms. The normalized spacial score (nSPS) is 22.1. The number of fused-ring (bicyclic) bond motifs is 1. The highest BCUT2D eigenvalue weighted by Crippen LogP contribution is 2.22. The Morgan fingerprint density at radius 2 is 1.56 bits per heavy atom. The lowest BCUT2D eigenvalue weighted by atomic mass is 10.1. The molecule has 2 saturated heterocycles. The Balaban J connectivity index is 1.39. The molecule has 27 heavy (non-hydrogen) atoms. The first-order chi connectivity index (χ1) is 12.9. The molecule has 0 unspecified atom stereocenters. The van der Waals surface area contributed by atoms with E-state index in [0.717, 1.165) is 10.8 Å². The molecule has 0 spiro atoms. The zero-order chi connectivity index (χ0) is 19.0. The van der Waals surface area contributed by atoms with E-state index in [1.165, 1.54) is 0 Å². The van der Waals surface area contributed by atoms with Crippen molar-refractivity contribution in [1.29, 1.82) is 0 Å². The average Bonchev–Trinajstić information content (AvgIpc) is 3.06. The maximum Gasteiger partial charge on any atom is 0.253 e. The quantitative estimate of drug-likeness (QED) is 0.785. The maximum atomic E-state index is 12.8. The van der Waals surface area contributed by atoms with Gasteiger partial charge in [0.25, 0.3) is 5.91 Å². The minimum Gasteiger partial charge on any atom is -0.339 e. The molecule has 0 saturated carbocycles. The van der Waals surface area contributed by atoms with Crippen LogP contribution in [0.2, 0.25) is 0 Å². The van der Waals surface area contributed by atoms with Crippen molar-refractivity contribution < 1.29 is 18.0 Å². The van der Waals surface area contributed by atoms with Gasteiger partial charge in [-0.25, -0.2) is 8.42 Å². The Morgan fingerprint density at radius 3 is 2.22 bits per heavy atom. The van der Waals surface area contributed by atoms with E-state index in [0.29, 0.717) is 38.2 Å². The molecule has 2 aromatic rings. The van der Waals surface area contributed by atoms with Crippen molar-refractivity contribution in [1.82, 2.24) is 9.80 Å². The molecule has 6 nitrogen and oxygen atoms in total. The van der Waals surface area contributed by atoms with Crippen LogP contribution in [0, 0.1) is 5.92 Å². The molecule has 0 aromatic heterocycles. The van der Waals surface area contributed by atoms with Gasteiger partial charge in [0, 0.05) is 31.7 Å². The van der Waals surface area contributed by atoms with Crippen molar-refractivity contribution in [3.8, 4) is 0 Å². The molecule has 142 valence electrons. The molecule has 4 rings (SSSR count). The van der Waals surface area contributed by atoms with Crippen LogP contribution in [0.15, 0.2) is 42.5 Å². The van der Waals surface area contributed by atoms with Crippen molar-refractivity contribution in [3.05, 3.63) is 48.0 Å². The van der Waals surface area contributed by atoms with Crippen molar-refractivity contribution in [2.24, 2.45) is 5.92 Å². The van der Waals surface area contributed by atoms with Gasteiger partial charge in [-0.15, -0.1) is 0 Å². The summed E-state index contributed by atoms with van der Waals surface area (Å²) < 4.78 is 23.2. The van der Waals surface area contributed by atoms with Crippen LogP contribution in [0.25, 0.3) is 10.8 Å². The molecule has 2 heterocycles. The van der Waals surface area contributed by atoms with E-state index >= 15 is 0 Å². The maximum absolute atomic E-state index is 12.8. The molecule has 2 aliphatic heterocycles. The van der Waals surface area contributed by atoms with E-state index in [9.17, 15) is 18.0 Å². The summed E-state index contributed by atoms with van der Waals surface area (Å²) in [5.74, 6) is -0.478. The van der Waals surface area contributed by atoms with Gasteiger partial charge in [-0.3, -0.25) is 9.59 Å². The number of rotatable bonds is 2. The fourth-order valence-corrected chi connectivity index (χ4v) is 5.62. The summed E-state index contributed by atoms with van der Waals surface area (Å²) >= 11 is 0. The average molecular weight is 386 g/mol. The zero-order valence-corrected chi connectivity index (χ0v) is 15.8. The van der Waals surface area contributed by atoms with Gasteiger partial charge in [0.05, 0.1) is 17.4 Å². The first-order valence-electron chi connectivity index (χ1n) is 9.20. The second kappa shape index (κ2) is 6.96. The van der Waals surface area contributed by atoms with Crippen molar-refractivity contribution in [2.45, 2.75) is 6.42 Å².